The summed E-state index contributed by atoms with van der Waals surface area (Å²) < 4.78 is 0. The smallest absolute Gasteiger partial charge is 0.0687 e. The van der Waals surface area contributed by atoms with E-state index in [4.69, 9.17) is 0 Å². The van der Waals surface area contributed by atoms with E-state index >= 15 is 0 Å². The molecule has 0 heterocycles. The van der Waals surface area contributed by atoms with Crippen molar-refractivity contribution in [3.8, 4) is 0 Å². The Morgan fingerprint density at radius 3 is 2.40 bits per heavy atom. The molecule has 0 spiro atoms. The Labute approximate surface area is 61.8 Å². The molecular weight excluding hydrogens is 124 g/mol. The Morgan fingerprint density at radius 1 is 1.40 bits per heavy atom. The molecule has 2 bridgehead atoms. The number of aliphatic hydroxyl groups is 1. The molecule has 1 fully saturated rings. The van der Waals surface area contributed by atoms with Crippen molar-refractivity contribution in [2.75, 3.05) is 0 Å². The molecule has 0 radical (unpaired) electrons. The van der Waals surface area contributed by atoms with E-state index in [1.165, 1.54) is 12.8 Å². The summed E-state index contributed by atoms with van der Waals surface area (Å²) in [5.74, 6) is 1.11. The predicted octanol–water partition coefficient (Wildman–Crippen LogP) is 1.72. The van der Waals surface area contributed by atoms with Crippen LogP contribution in [-0.2, 0) is 0 Å². The van der Waals surface area contributed by atoms with Crippen LogP contribution in [0.2, 0.25) is 0 Å². The van der Waals surface area contributed by atoms with Crippen molar-refractivity contribution in [2.24, 2.45) is 11.8 Å². The largest absolute Gasteiger partial charge is 0.390 e. The van der Waals surface area contributed by atoms with E-state index in [0.717, 1.165) is 6.42 Å². The van der Waals surface area contributed by atoms with Gasteiger partial charge in [-0.3, -0.25) is 0 Å². The molecule has 1 saturated carbocycles. The maximum absolute atomic E-state index is 9.81. The summed E-state index contributed by atoms with van der Waals surface area (Å²) in [6, 6.07) is 0. The van der Waals surface area contributed by atoms with Gasteiger partial charge in [-0.2, -0.15) is 0 Å². The van der Waals surface area contributed by atoms with E-state index in [1.807, 2.05) is 6.92 Å². The molecule has 0 amide bonds. The second-order valence-electron chi connectivity index (χ2n) is 3.89. The highest BCUT2D eigenvalue weighted by atomic mass is 16.3. The maximum atomic E-state index is 9.81. The van der Waals surface area contributed by atoms with Crippen LogP contribution in [0.1, 0.15) is 26.2 Å². The van der Waals surface area contributed by atoms with E-state index < -0.39 is 5.60 Å². The van der Waals surface area contributed by atoms with Gasteiger partial charge in [0.05, 0.1) is 5.60 Å². The van der Waals surface area contributed by atoms with Crippen molar-refractivity contribution in [3.63, 3.8) is 0 Å². The number of fused-ring (bicyclic) bond motifs is 2. The van der Waals surface area contributed by atoms with Gasteiger partial charge in [0.25, 0.3) is 0 Å². The zero-order valence-corrected chi connectivity index (χ0v) is 6.38. The lowest BCUT2D eigenvalue weighted by Crippen LogP contribution is -2.42. The Kier molecular flexibility index (Phi) is 1.19. The molecule has 0 saturated heterocycles. The summed E-state index contributed by atoms with van der Waals surface area (Å²) in [7, 11) is 0. The third-order valence-corrected chi connectivity index (χ3v) is 2.94. The number of allylic oxidation sites excluding steroid dienone is 1. The van der Waals surface area contributed by atoms with Gasteiger partial charge in [-0.25, -0.2) is 0 Å². The highest BCUT2D eigenvalue weighted by molar-refractivity contribution is 5.11. The Balaban J connectivity index is 2.27. The first kappa shape index (κ1) is 6.41. The van der Waals surface area contributed by atoms with Gasteiger partial charge in [0.15, 0.2) is 0 Å². The number of hydrogen-bond donors (Lipinski definition) is 1. The van der Waals surface area contributed by atoms with Crippen LogP contribution in [0.4, 0.5) is 0 Å². The van der Waals surface area contributed by atoms with Gasteiger partial charge in [-0.15, -0.1) is 0 Å². The minimum atomic E-state index is -0.391. The summed E-state index contributed by atoms with van der Waals surface area (Å²) in [5, 5.41) is 9.81. The fourth-order valence-corrected chi connectivity index (χ4v) is 2.25. The zero-order valence-electron chi connectivity index (χ0n) is 6.38. The molecule has 1 N–H and O–H groups in total. The van der Waals surface area contributed by atoms with E-state index in [1.54, 1.807) is 0 Å². The molecule has 56 valence electrons. The third kappa shape index (κ3) is 0.807. The molecule has 3 atom stereocenters. The molecule has 10 heavy (non-hydrogen) atoms. The lowest BCUT2D eigenvalue weighted by atomic mass is 9.67. The van der Waals surface area contributed by atoms with Gasteiger partial charge in [0.2, 0.25) is 0 Å². The number of rotatable bonds is 0. The summed E-state index contributed by atoms with van der Waals surface area (Å²) in [4.78, 5) is 0. The molecule has 0 aliphatic heterocycles. The van der Waals surface area contributed by atoms with Crippen LogP contribution in [0.25, 0.3) is 0 Å². The highest BCUT2D eigenvalue weighted by Crippen LogP contribution is 2.42. The average Bonchev–Trinajstić information content (AvgIpc) is 1.87. The van der Waals surface area contributed by atoms with Gasteiger partial charge in [0.1, 0.15) is 0 Å². The van der Waals surface area contributed by atoms with Crippen molar-refractivity contribution >= 4 is 0 Å². The monoisotopic (exact) mass is 138 g/mol. The Morgan fingerprint density at radius 2 is 2.20 bits per heavy atom. The minimum absolute atomic E-state index is 0.391. The molecule has 1 nitrogen and oxygen atoms in total. The van der Waals surface area contributed by atoms with Gasteiger partial charge in [-0.1, -0.05) is 12.2 Å². The van der Waals surface area contributed by atoms with Crippen molar-refractivity contribution in [1.82, 2.24) is 0 Å². The molecule has 0 aromatic carbocycles. The molecule has 0 unspecified atom stereocenters. The standard InChI is InChI=1S/C9H14O/c1-9(10)6-7-2-4-8(9)5-3-7/h2,4,7-8,10H,3,5-6H2,1H3/t7-,8+,9-/m1/s1. The van der Waals surface area contributed by atoms with E-state index in [2.05, 4.69) is 12.2 Å². The first-order chi connectivity index (χ1) is 4.68. The fraction of sp³-hybridized carbons (Fsp3) is 0.778. The summed E-state index contributed by atoms with van der Waals surface area (Å²) >= 11 is 0. The van der Waals surface area contributed by atoms with Gasteiger partial charge in [-0.05, 0) is 32.1 Å². The van der Waals surface area contributed by atoms with E-state index in [0.29, 0.717) is 11.8 Å². The lowest BCUT2D eigenvalue weighted by molar-refractivity contribution is -0.0326. The molecule has 1 heteroatoms. The van der Waals surface area contributed by atoms with E-state index in [-0.39, 0.29) is 0 Å². The van der Waals surface area contributed by atoms with Crippen LogP contribution in [-0.4, -0.2) is 10.7 Å². The van der Waals surface area contributed by atoms with Crippen molar-refractivity contribution in [1.29, 1.82) is 0 Å². The summed E-state index contributed by atoms with van der Waals surface area (Å²) in [6.07, 6.45) is 7.92. The Hall–Kier alpha value is -0.300. The van der Waals surface area contributed by atoms with Gasteiger partial charge < -0.3 is 5.11 Å². The summed E-state index contributed by atoms with van der Waals surface area (Å²) in [5.41, 5.74) is -0.391. The van der Waals surface area contributed by atoms with Crippen LogP contribution in [0, 0.1) is 11.8 Å². The molecule has 3 rings (SSSR count). The second-order valence-corrected chi connectivity index (χ2v) is 3.89. The SMILES string of the molecule is C[C@@]1(O)C[C@@H]2C=C[C@H]1CC2. The van der Waals surface area contributed by atoms with Crippen molar-refractivity contribution in [3.05, 3.63) is 12.2 Å². The molecular formula is C9H14O. The summed E-state index contributed by atoms with van der Waals surface area (Å²) in [6.45, 7) is 1.97. The second kappa shape index (κ2) is 1.85. The van der Waals surface area contributed by atoms with E-state index in [9.17, 15) is 5.11 Å². The quantitative estimate of drug-likeness (QED) is 0.505. The number of hydrogen-bond acceptors (Lipinski definition) is 1. The molecule has 3 aliphatic carbocycles. The Bertz CT molecular complexity index is 170. The first-order valence-corrected chi connectivity index (χ1v) is 4.09. The zero-order chi connectivity index (χ0) is 7.19. The molecule has 0 aromatic rings. The fourth-order valence-electron chi connectivity index (χ4n) is 2.25. The van der Waals surface area contributed by atoms with Crippen LogP contribution in [0.3, 0.4) is 0 Å². The highest BCUT2D eigenvalue weighted by Gasteiger charge is 2.39. The molecule has 3 aliphatic rings. The molecule has 0 aromatic heterocycles. The van der Waals surface area contributed by atoms with Crippen molar-refractivity contribution < 1.29 is 5.11 Å². The van der Waals surface area contributed by atoms with Crippen LogP contribution >= 0.6 is 0 Å². The predicted molar refractivity (Wildman–Crippen MR) is 40.6 cm³/mol. The normalized spacial score (nSPS) is 51.8. The first-order valence-electron chi connectivity index (χ1n) is 4.09. The average molecular weight is 138 g/mol. The van der Waals surface area contributed by atoms with Crippen molar-refractivity contribution in [2.45, 2.75) is 31.8 Å². The van der Waals surface area contributed by atoms with Gasteiger partial charge in [0, 0.05) is 5.92 Å². The minimum Gasteiger partial charge on any atom is -0.390 e. The van der Waals surface area contributed by atoms with Crippen LogP contribution in [0.5, 0.6) is 0 Å². The lowest BCUT2D eigenvalue weighted by Gasteiger charge is -2.42. The maximum Gasteiger partial charge on any atom is 0.0687 e. The topological polar surface area (TPSA) is 20.2 Å². The van der Waals surface area contributed by atoms with Gasteiger partial charge >= 0.3 is 0 Å². The van der Waals surface area contributed by atoms with Crippen LogP contribution in [0.15, 0.2) is 12.2 Å². The van der Waals surface area contributed by atoms with Crippen LogP contribution < -0.4 is 0 Å². The third-order valence-electron chi connectivity index (χ3n) is 2.94.